The molecular formula is C22H22N2O2. The van der Waals surface area contributed by atoms with Crippen LogP contribution in [0.15, 0.2) is 48.5 Å². The highest BCUT2D eigenvalue weighted by atomic mass is 16.5. The molecule has 1 aliphatic heterocycles. The van der Waals surface area contributed by atoms with Crippen molar-refractivity contribution in [2.24, 2.45) is 0 Å². The fourth-order valence-electron chi connectivity index (χ4n) is 3.55. The first-order valence-corrected chi connectivity index (χ1v) is 9.06. The molecule has 1 aromatic heterocycles. The molecule has 0 amide bonds. The largest absolute Gasteiger partial charge is 0.465 e. The van der Waals surface area contributed by atoms with Crippen LogP contribution in [0.4, 0.5) is 5.69 Å². The van der Waals surface area contributed by atoms with Gasteiger partial charge in [0.05, 0.1) is 18.5 Å². The van der Waals surface area contributed by atoms with Crippen LogP contribution in [0.5, 0.6) is 0 Å². The lowest BCUT2D eigenvalue weighted by Crippen LogP contribution is -2.10. The van der Waals surface area contributed by atoms with Crippen LogP contribution in [0.1, 0.15) is 22.4 Å². The second kappa shape index (κ2) is 7.16. The van der Waals surface area contributed by atoms with Gasteiger partial charge in [-0.25, -0.2) is 0 Å². The smallest absolute Gasteiger partial charge is 0.310 e. The summed E-state index contributed by atoms with van der Waals surface area (Å²) in [5.41, 5.74) is 6.66. The van der Waals surface area contributed by atoms with E-state index in [1.54, 1.807) is 0 Å². The van der Waals surface area contributed by atoms with E-state index >= 15 is 0 Å². The van der Waals surface area contributed by atoms with Crippen LogP contribution in [0.2, 0.25) is 0 Å². The minimum atomic E-state index is -0.190. The Labute approximate surface area is 153 Å². The zero-order chi connectivity index (χ0) is 17.9. The highest BCUT2D eigenvalue weighted by molar-refractivity contribution is 5.95. The van der Waals surface area contributed by atoms with Gasteiger partial charge in [0.1, 0.15) is 0 Å². The van der Waals surface area contributed by atoms with Gasteiger partial charge >= 0.3 is 5.97 Å². The molecule has 4 rings (SSSR count). The van der Waals surface area contributed by atoms with Crippen LogP contribution in [0, 0.1) is 6.92 Å². The van der Waals surface area contributed by atoms with E-state index in [1.165, 1.54) is 16.8 Å². The standard InChI is InChI=1S/C22H22N2O2/c1-15-18-9-11-23-22(18)19-13-17(7-8-20(19)24-15)14-21(25)26-12-10-16-5-3-2-4-6-16/h2-8,13,23H,9-12,14H2,1H3. The van der Waals surface area contributed by atoms with Gasteiger partial charge in [-0.2, -0.15) is 0 Å². The maximum absolute atomic E-state index is 12.2. The van der Waals surface area contributed by atoms with Crippen LogP contribution >= 0.6 is 0 Å². The lowest BCUT2D eigenvalue weighted by atomic mass is 10.0. The van der Waals surface area contributed by atoms with Crippen molar-refractivity contribution >= 4 is 22.6 Å². The number of carbonyl (C=O) groups excluding carboxylic acids is 1. The Hall–Kier alpha value is -2.88. The molecular weight excluding hydrogens is 324 g/mol. The average molecular weight is 346 g/mol. The van der Waals surface area contributed by atoms with Gasteiger partial charge in [0.2, 0.25) is 0 Å². The number of nitrogens with zero attached hydrogens (tertiary/aromatic N) is 1. The first-order valence-electron chi connectivity index (χ1n) is 9.06. The number of hydrogen-bond acceptors (Lipinski definition) is 4. The highest BCUT2D eigenvalue weighted by Gasteiger charge is 2.18. The molecule has 0 radical (unpaired) electrons. The number of aryl methyl sites for hydroxylation is 1. The summed E-state index contributed by atoms with van der Waals surface area (Å²) in [5, 5.41) is 4.56. The summed E-state index contributed by atoms with van der Waals surface area (Å²) in [5.74, 6) is -0.190. The SMILES string of the molecule is Cc1nc2ccc(CC(=O)OCCc3ccccc3)cc2c2c1CCN2. The van der Waals surface area contributed by atoms with Gasteiger partial charge in [-0.3, -0.25) is 9.78 Å². The Morgan fingerprint density at radius 2 is 2.00 bits per heavy atom. The van der Waals surface area contributed by atoms with Gasteiger partial charge in [0, 0.05) is 29.7 Å². The van der Waals surface area contributed by atoms with Crippen molar-refractivity contribution in [2.45, 2.75) is 26.2 Å². The molecule has 3 aromatic rings. The number of pyridine rings is 1. The third kappa shape index (κ3) is 3.40. The topological polar surface area (TPSA) is 51.2 Å². The molecule has 26 heavy (non-hydrogen) atoms. The van der Waals surface area contributed by atoms with E-state index in [9.17, 15) is 4.79 Å². The van der Waals surface area contributed by atoms with Gasteiger partial charge in [-0.15, -0.1) is 0 Å². The number of hydrogen-bond donors (Lipinski definition) is 1. The van der Waals surface area contributed by atoms with Crippen LogP contribution in [0.3, 0.4) is 0 Å². The van der Waals surface area contributed by atoms with Gasteiger partial charge in [0.25, 0.3) is 0 Å². The number of benzene rings is 2. The molecule has 1 aliphatic rings. The molecule has 2 aromatic carbocycles. The number of aromatic nitrogens is 1. The van der Waals surface area contributed by atoms with Gasteiger partial charge in [0.15, 0.2) is 0 Å². The zero-order valence-electron chi connectivity index (χ0n) is 14.9. The summed E-state index contributed by atoms with van der Waals surface area (Å²) in [6.07, 6.45) is 2.04. The summed E-state index contributed by atoms with van der Waals surface area (Å²) in [4.78, 5) is 16.9. The second-order valence-electron chi connectivity index (χ2n) is 6.71. The normalized spacial score (nSPS) is 12.7. The minimum absolute atomic E-state index is 0.190. The molecule has 4 heteroatoms. The first-order chi connectivity index (χ1) is 12.7. The van der Waals surface area contributed by atoms with Crippen molar-refractivity contribution in [1.82, 2.24) is 4.98 Å². The molecule has 0 saturated carbocycles. The molecule has 0 unspecified atom stereocenters. The molecule has 0 aliphatic carbocycles. The van der Waals surface area contributed by atoms with E-state index in [-0.39, 0.29) is 12.4 Å². The minimum Gasteiger partial charge on any atom is -0.465 e. The quantitative estimate of drug-likeness (QED) is 0.713. The summed E-state index contributed by atoms with van der Waals surface area (Å²) in [7, 11) is 0. The maximum atomic E-state index is 12.2. The van der Waals surface area contributed by atoms with Crippen LogP contribution in [0.25, 0.3) is 10.9 Å². The lowest BCUT2D eigenvalue weighted by Gasteiger charge is -2.10. The van der Waals surface area contributed by atoms with E-state index < -0.39 is 0 Å². The Morgan fingerprint density at radius 1 is 1.15 bits per heavy atom. The molecule has 1 N–H and O–H groups in total. The first kappa shape index (κ1) is 16.6. The summed E-state index contributed by atoms with van der Waals surface area (Å²) < 4.78 is 5.40. The highest BCUT2D eigenvalue weighted by Crippen LogP contribution is 2.32. The van der Waals surface area contributed by atoms with Gasteiger partial charge in [-0.1, -0.05) is 36.4 Å². The monoisotopic (exact) mass is 346 g/mol. The number of nitrogens with one attached hydrogen (secondary N) is 1. The van der Waals surface area contributed by atoms with Gasteiger partial charge < -0.3 is 10.1 Å². The molecule has 0 fully saturated rings. The predicted molar refractivity (Wildman–Crippen MR) is 103 cm³/mol. The van der Waals surface area contributed by atoms with Crippen LogP contribution in [-0.4, -0.2) is 24.1 Å². The zero-order valence-corrected chi connectivity index (χ0v) is 14.9. The Kier molecular flexibility index (Phi) is 4.57. The van der Waals surface area contributed by atoms with Crippen molar-refractivity contribution in [1.29, 1.82) is 0 Å². The third-order valence-corrected chi connectivity index (χ3v) is 4.88. The Bertz CT molecular complexity index is 951. The molecule has 2 heterocycles. The van der Waals surface area contributed by atoms with Crippen molar-refractivity contribution in [3.8, 4) is 0 Å². The average Bonchev–Trinajstić information content (AvgIpc) is 3.14. The molecule has 0 atom stereocenters. The Morgan fingerprint density at radius 3 is 2.85 bits per heavy atom. The molecule has 0 saturated heterocycles. The van der Waals surface area contributed by atoms with Crippen molar-refractivity contribution in [2.75, 3.05) is 18.5 Å². The van der Waals surface area contributed by atoms with E-state index in [0.717, 1.165) is 41.5 Å². The van der Waals surface area contributed by atoms with Crippen molar-refractivity contribution in [3.63, 3.8) is 0 Å². The number of esters is 1. The number of anilines is 1. The van der Waals surface area contributed by atoms with Crippen LogP contribution in [-0.2, 0) is 28.8 Å². The van der Waals surface area contributed by atoms with Gasteiger partial charge in [-0.05, 0) is 42.2 Å². The Balaban J connectivity index is 1.44. The summed E-state index contributed by atoms with van der Waals surface area (Å²) in [6.45, 7) is 3.42. The maximum Gasteiger partial charge on any atom is 0.310 e. The van der Waals surface area contributed by atoms with E-state index in [4.69, 9.17) is 9.72 Å². The number of rotatable bonds is 5. The molecule has 0 bridgehead atoms. The van der Waals surface area contributed by atoms with Crippen molar-refractivity contribution in [3.05, 3.63) is 70.9 Å². The summed E-state index contributed by atoms with van der Waals surface area (Å²) in [6, 6.07) is 16.1. The number of carbonyl (C=O) groups is 1. The summed E-state index contributed by atoms with van der Waals surface area (Å²) >= 11 is 0. The predicted octanol–water partition coefficient (Wildman–Crippen LogP) is 3.84. The number of fused-ring (bicyclic) bond motifs is 3. The number of ether oxygens (including phenoxy) is 1. The van der Waals surface area contributed by atoms with E-state index in [0.29, 0.717) is 6.61 Å². The molecule has 0 spiro atoms. The molecule has 4 nitrogen and oxygen atoms in total. The van der Waals surface area contributed by atoms with E-state index in [1.807, 2.05) is 42.5 Å². The molecule has 132 valence electrons. The second-order valence-corrected chi connectivity index (χ2v) is 6.71. The lowest BCUT2D eigenvalue weighted by molar-refractivity contribution is -0.142. The fourth-order valence-corrected chi connectivity index (χ4v) is 3.55. The third-order valence-electron chi connectivity index (χ3n) is 4.88. The van der Waals surface area contributed by atoms with E-state index in [2.05, 4.69) is 18.3 Å². The van der Waals surface area contributed by atoms with Crippen LogP contribution < -0.4 is 5.32 Å². The van der Waals surface area contributed by atoms with Crippen molar-refractivity contribution < 1.29 is 9.53 Å². The fraction of sp³-hybridized carbons (Fsp3) is 0.273.